The van der Waals surface area contributed by atoms with Gasteiger partial charge in [0, 0.05) is 15.6 Å². The van der Waals surface area contributed by atoms with Crippen LogP contribution >= 0.6 is 15.9 Å². The molecule has 4 aromatic rings. The number of ether oxygens (including phenoxy) is 1. The fraction of sp³-hybridized carbons (Fsp3) is 0.0400. The summed E-state index contributed by atoms with van der Waals surface area (Å²) in [4.78, 5) is 0. The van der Waals surface area contributed by atoms with E-state index in [0.29, 0.717) is 33.5 Å². The van der Waals surface area contributed by atoms with E-state index in [1.165, 1.54) is 12.1 Å². The van der Waals surface area contributed by atoms with E-state index < -0.39 is 11.6 Å². The maximum Gasteiger partial charge on any atom is 0.132 e. The fourth-order valence-electron chi connectivity index (χ4n) is 3.11. The maximum absolute atomic E-state index is 14.7. The fourth-order valence-corrected chi connectivity index (χ4v) is 3.45. The van der Waals surface area contributed by atoms with Crippen LogP contribution in [-0.2, 0) is 6.61 Å². The van der Waals surface area contributed by atoms with Crippen LogP contribution in [0.2, 0.25) is 0 Å². The van der Waals surface area contributed by atoms with Crippen molar-refractivity contribution in [3.63, 3.8) is 0 Å². The van der Waals surface area contributed by atoms with Crippen molar-refractivity contribution < 1.29 is 13.5 Å². The van der Waals surface area contributed by atoms with Crippen molar-refractivity contribution in [3.05, 3.63) is 113 Å². The Labute approximate surface area is 176 Å². The summed E-state index contributed by atoms with van der Waals surface area (Å²) in [5.74, 6) is -0.0826. The summed E-state index contributed by atoms with van der Waals surface area (Å²) in [6, 6.07) is 26.7. The molecule has 29 heavy (non-hydrogen) atoms. The molecule has 0 aliphatic heterocycles. The summed E-state index contributed by atoms with van der Waals surface area (Å²) in [6.45, 7) is 0.474. The molecule has 1 nitrogen and oxygen atoms in total. The first-order valence-corrected chi connectivity index (χ1v) is 9.91. The van der Waals surface area contributed by atoms with Crippen LogP contribution in [0, 0.1) is 11.6 Å². The molecule has 4 heteroatoms. The van der Waals surface area contributed by atoms with Crippen LogP contribution in [0.15, 0.2) is 95.5 Å². The smallest absolute Gasteiger partial charge is 0.132 e. The normalized spacial score (nSPS) is 10.7. The minimum Gasteiger partial charge on any atom is -0.489 e. The van der Waals surface area contributed by atoms with Crippen molar-refractivity contribution in [1.82, 2.24) is 0 Å². The SMILES string of the molecule is Fc1cc(Br)ccc1-c1ccc(-c2ccc(OCc3ccccc3)cc2)c(F)c1. The lowest BCUT2D eigenvalue weighted by Crippen LogP contribution is -1.95. The Kier molecular flexibility index (Phi) is 5.72. The Morgan fingerprint density at radius 1 is 0.655 bits per heavy atom. The third kappa shape index (κ3) is 4.54. The molecule has 0 radical (unpaired) electrons. The summed E-state index contributed by atoms with van der Waals surface area (Å²) >= 11 is 3.23. The van der Waals surface area contributed by atoms with Gasteiger partial charge in [0.15, 0.2) is 0 Å². The standard InChI is InChI=1S/C25H17BrF2O/c26-20-9-13-23(25(28)15-20)19-8-12-22(24(27)14-19)18-6-10-21(11-7-18)29-16-17-4-2-1-3-5-17/h1-15H,16H2. The zero-order valence-corrected chi connectivity index (χ0v) is 17.0. The third-order valence-electron chi connectivity index (χ3n) is 4.62. The molecule has 0 atom stereocenters. The van der Waals surface area contributed by atoms with E-state index >= 15 is 0 Å². The first kappa shape index (κ1) is 19.3. The predicted octanol–water partition coefficient (Wildman–Crippen LogP) is 7.64. The molecule has 0 aliphatic rings. The van der Waals surface area contributed by atoms with Gasteiger partial charge in [0.25, 0.3) is 0 Å². The van der Waals surface area contributed by atoms with Gasteiger partial charge in [0.05, 0.1) is 0 Å². The Bertz CT molecular complexity index is 1130. The predicted molar refractivity (Wildman–Crippen MR) is 116 cm³/mol. The number of hydrogen-bond acceptors (Lipinski definition) is 1. The van der Waals surface area contributed by atoms with Gasteiger partial charge in [-0.1, -0.05) is 76.6 Å². The Balaban J connectivity index is 1.52. The molecule has 0 heterocycles. The first-order valence-electron chi connectivity index (χ1n) is 9.12. The van der Waals surface area contributed by atoms with Crippen LogP contribution in [0.3, 0.4) is 0 Å². The van der Waals surface area contributed by atoms with Gasteiger partial charge in [0.1, 0.15) is 24.0 Å². The van der Waals surface area contributed by atoms with Crippen molar-refractivity contribution in [2.24, 2.45) is 0 Å². The van der Waals surface area contributed by atoms with Gasteiger partial charge < -0.3 is 4.74 Å². The number of halogens is 3. The first-order chi connectivity index (χ1) is 14.1. The van der Waals surface area contributed by atoms with Crippen LogP contribution < -0.4 is 4.74 Å². The lowest BCUT2D eigenvalue weighted by molar-refractivity contribution is 0.306. The second-order valence-electron chi connectivity index (χ2n) is 6.62. The highest BCUT2D eigenvalue weighted by Crippen LogP contribution is 2.31. The topological polar surface area (TPSA) is 9.23 Å². The molecule has 0 aromatic heterocycles. The van der Waals surface area contributed by atoms with Crippen LogP contribution in [0.4, 0.5) is 8.78 Å². The van der Waals surface area contributed by atoms with E-state index in [4.69, 9.17) is 4.74 Å². The molecule has 144 valence electrons. The number of hydrogen-bond donors (Lipinski definition) is 0. The Morgan fingerprint density at radius 2 is 1.28 bits per heavy atom. The van der Waals surface area contributed by atoms with Crippen molar-refractivity contribution in [2.75, 3.05) is 0 Å². The zero-order valence-electron chi connectivity index (χ0n) is 15.4. The lowest BCUT2D eigenvalue weighted by atomic mass is 9.99. The highest BCUT2D eigenvalue weighted by Gasteiger charge is 2.11. The van der Waals surface area contributed by atoms with E-state index in [2.05, 4.69) is 15.9 Å². The quantitative estimate of drug-likeness (QED) is 0.303. The average molecular weight is 451 g/mol. The van der Waals surface area contributed by atoms with E-state index in [0.717, 1.165) is 11.1 Å². The monoisotopic (exact) mass is 450 g/mol. The van der Waals surface area contributed by atoms with Crippen molar-refractivity contribution in [2.45, 2.75) is 6.61 Å². The number of benzene rings is 4. The molecule has 4 aromatic carbocycles. The third-order valence-corrected chi connectivity index (χ3v) is 5.12. The van der Waals surface area contributed by atoms with Gasteiger partial charge in [-0.25, -0.2) is 8.78 Å². The van der Waals surface area contributed by atoms with E-state index in [1.807, 2.05) is 54.6 Å². The molecule has 0 saturated heterocycles. The maximum atomic E-state index is 14.7. The van der Waals surface area contributed by atoms with Crippen LogP contribution in [-0.4, -0.2) is 0 Å². The molecular weight excluding hydrogens is 434 g/mol. The lowest BCUT2D eigenvalue weighted by Gasteiger charge is -2.10. The van der Waals surface area contributed by atoms with E-state index in [9.17, 15) is 8.78 Å². The van der Waals surface area contributed by atoms with Gasteiger partial charge in [-0.2, -0.15) is 0 Å². The highest BCUT2D eigenvalue weighted by atomic mass is 79.9. The van der Waals surface area contributed by atoms with Gasteiger partial charge >= 0.3 is 0 Å². The number of rotatable bonds is 5. The summed E-state index contributed by atoms with van der Waals surface area (Å²) in [7, 11) is 0. The van der Waals surface area contributed by atoms with Crippen molar-refractivity contribution in [3.8, 4) is 28.0 Å². The molecule has 0 amide bonds. The minimum atomic E-state index is -0.400. The van der Waals surface area contributed by atoms with Crippen molar-refractivity contribution >= 4 is 15.9 Å². The van der Waals surface area contributed by atoms with E-state index in [1.54, 1.807) is 24.3 Å². The summed E-state index contributed by atoms with van der Waals surface area (Å²) < 4.78 is 35.3. The average Bonchev–Trinajstić information content (AvgIpc) is 2.73. The van der Waals surface area contributed by atoms with Crippen LogP contribution in [0.25, 0.3) is 22.3 Å². The molecule has 0 aliphatic carbocycles. The molecule has 4 rings (SSSR count). The van der Waals surface area contributed by atoms with Crippen LogP contribution in [0.1, 0.15) is 5.56 Å². The summed E-state index contributed by atoms with van der Waals surface area (Å²) in [5, 5.41) is 0. The van der Waals surface area contributed by atoms with Gasteiger partial charge in [-0.3, -0.25) is 0 Å². The molecule has 0 spiro atoms. The van der Waals surface area contributed by atoms with Gasteiger partial charge in [-0.15, -0.1) is 0 Å². The Hall–Kier alpha value is -2.98. The van der Waals surface area contributed by atoms with Gasteiger partial charge in [0.2, 0.25) is 0 Å². The molecule has 0 unspecified atom stereocenters. The highest BCUT2D eigenvalue weighted by molar-refractivity contribution is 9.10. The van der Waals surface area contributed by atoms with Crippen molar-refractivity contribution in [1.29, 1.82) is 0 Å². The Morgan fingerprint density at radius 3 is 1.97 bits per heavy atom. The molecule has 0 N–H and O–H groups in total. The van der Waals surface area contributed by atoms with E-state index in [-0.39, 0.29) is 0 Å². The zero-order chi connectivity index (χ0) is 20.2. The molecule has 0 fully saturated rings. The van der Waals surface area contributed by atoms with Gasteiger partial charge in [-0.05, 0) is 47.0 Å². The van der Waals surface area contributed by atoms with Crippen LogP contribution in [0.5, 0.6) is 5.75 Å². The largest absolute Gasteiger partial charge is 0.489 e. The second-order valence-corrected chi connectivity index (χ2v) is 7.53. The molecule has 0 saturated carbocycles. The molecule has 0 bridgehead atoms. The summed E-state index contributed by atoms with van der Waals surface area (Å²) in [6.07, 6.45) is 0. The molecular formula is C25H17BrF2O. The second kappa shape index (κ2) is 8.58. The summed E-state index contributed by atoms with van der Waals surface area (Å²) in [5.41, 5.74) is 3.14. The minimum absolute atomic E-state index is 0.364.